The van der Waals surface area contributed by atoms with E-state index in [4.69, 9.17) is 5.11 Å². The lowest BCUT2D eigenvalue weighted by molar-refractivity contribution is -0.125. The van der Waals surface area contributed by atoms with E-state index in [9.17, 15) is 9.90 Å². The molecule has 0 bridgehead atoms. The maximum absolute atomic E-state index is 11.8. The molecule has 4 nitrogen and oxygen atoms in total. The van der Waals surface area contributed by atoms with Gasteiger partial charge in [0, 0.05) is 6.42 Å². The van der Waals surface area contributed by atoms with Crippen molar-refractivity contribution in [3.05, 3.63) is 0 Å². The first-order valence-electron chi connectivity index (χ1n) is 6.57. The molecule has 0 aromatic rings. The molecular formula is C13H25NO3. The Kier molecular flexibility index (Phi) is 5.40. The van der Waals surface area contributed by atoms with Gasteiger partial charge in [-0.2, -0.15) is 0 Å². The number of hydrogen-bond donors (Lipinski definition) is 3. The quantitative estimate of drug-likeness (QED) is 0.679. The van der Waals surface area contributed by atoms with Crippen LogP contribution in [0.4, 0.5) is 0 Å². The van der Waals surface area contributed by atoms with Crippen molar-refractivity contribution in [3.63, 3.8) is 0 Å². The van der Waals surface area contributed by atoms with Crippen molar-refractivity contribution >= 4 is 5.91 Å². The highest BCUT2D eigenvalue weighted by Crippen LogP contribution is 2.32. The zero-order valence-electron chi connectivity index (χ0n) is 10.9. The highest BCUT2D eigenvalue weighted by atomic mass is 16.3. The van der Waals surface area contributed by atoms with Gasteiger partial charge in [-0.05, 0) is 32.1 Å². The van der Waals surface area contributed by atoms with Crippen LogP contribution in [0.2, 0.25) is 0 Å². The van der Waals surface area contributed by atoms with Crippen LogP contribution in [0.15, 0.2) is 0 Å². The number of hydrogen-bond acceptors (Lipinski definition) is 3. The number of amides is 1. The fourth-order valence-electron chi connectivity index (χ4n) is 2.65. The molecule has 3 unspecified atom stereocenters. The minimum absolute atomic E-state index is 0.0117. The van der Waals surface area contributed by atoms with Gasteiger partial charge in [-0.15, -0.1) is 0 Å². The number of aliphatic hydroxyl groups is 2. The molecule has 0 spiro atoms. The summed E-state index contributed by atoms with van der Waals surface area (Å²) in [4.78, 5) is 11.8. The van der Waals surface area contributed by atoms with E-state index in [2.05, 4.69) is 12.2 Å². The molecule has 0 heterocycles. The van der Waals surface area contributed by atoms with Crippen molar-refractivity contribution in [2.45, 2.75) is 64.0 Å². The van der Waals surface area contributed by atoms with Gasteiger partial charge in [0.15, 0.2) is 0 Å². The van der Waals surface area contributed by atoms with Gasteiger partial charge in [0.2, 0.25) is 5.91 Å². The molecule has 17 heavy (non-hydrogen) atoms. The van der Waals surface area contributed by atoms with Gasteiger partial charge >= 0.3 is 0 Å². The topological polar surface area (TPSA) is 69.6 Å². The Labute approximate surface area is 103 Å². The van der Waals surface area contributed by atoms with Crippen LogP contribution in [-0.4, -0.2) is 34.4 Å². The molecule has 1 fully saturated rings. The molecule has 4 heteroatoms. The largest absolute Gasteiger partial charge is 0.394 e. The van der Waals surface area contributed by atoms with Gasteiger partial charge in [-0.1, -0.05) is 19.8 Å². The van der Waals surface area contributed by atoms with Crippen LogP contribution >= 0.6 is 0 Å². The first-order valence-corrected chi connectivity index (χ1v) is 6.57. The summed E-state index contributed by atoms with van der Waals surface area (Å²) in [5.74, 6) is 0.488. The lowest BCUT2D eigenvalue weighted by atomic mass is 9.76. The smallest absolute Gasteiger partial charge is 0.220 e. The van der Waals surface area contributed by atoms with Gasteiger partial charge < -0.3 is 15.5 Å². The summed E-state index contributed by atoms with van der Waals surface area (Å²) in [6.45, 7) is 3.85. The molecule has 0 aromatic heterocycles. The summed E-state index contributed by atoms with van der Waals surface area (Å²) >= 11 is 0. The molecule has 0 aliphatic heterocycles. The lowest BCUT2D eigenvalue weighted by Gasteiger charge is -2.39. The first kappa shape index (κ1) is 14.5. The lowest BCUT2D eigenvalue weighted by Crippen LogP contribution is -2.53. The third kappa shape index (κ3) is 4.64. The first-order chi connectivity index (χ1) is 7.97. The highest BCUT2D eigenvalue weighted by molar-refractivity contribution is 5.76. The van der Waals surface area contributed by atoms with Crippen LogP contribution in [0, 0.1) is 5.92 Å². The van der Waals surface area contributed by atoms with Crippen LogP contribution < -0.4 is 5.32 Å². The highest BCUT2D eigenvalue weighted by Gasteiger charge is 2.35. The van der Waals surface area contributed by atoms with Crippen molar-refractivity contribution in [1.29, 1.82) is 0 Å². The third-order valence-corrected chi connectivity index (χ3v) is 3.59. The van der Waals surface area contributed by atoms with Crippen LogP contribution in [0.5, 0.6) is 0 Å². The van der Waals surface area contributed by atoms with E-state index >= 15 is 0 Å². The molecule has 100 valence electrons. The van der Waals surface area contributed by atoms with E-state index in [0.717, 1.165) is 19.3 Å². The zero-order chi connectivity index (χ0) is 12.9. The molecule has 3 atom stereocenters. The van der Waals surface area contributed by atoms with E-state index in [1.54, 1.807) is 6.92 Å². The second-order valence-electron chi connectivity index (χ2n) is 5.58. The van der Waals surface area contributed by atoms with E-state index < -0.39 is 11.6 Å². The standard InChI is InChI=1S/C13H25NO3/c1-10-4-3-7-13(8-10,9-15)14-12(17)6-5-11(2)16/h10-11,15-16H,3-9H2,1-2H3,(H,14,17). The van der Waals surface area contributed by atoms with Gasteiger partial charge in [-0.3, -0.25) is 4.79 Å². The number of aliphatic hydroxyl groups excluding tert-OH is 2. The SMILES string of the molecule is CC(O)CCC(=O)NC1(CO)CCCC(C)C1. The Morgan fingerprint density at radius 3 is 2.82 bits per heavy atom. The molecule has 0 aromatic carbocycles. The fourth-order valence-corrected chi connectivity index (χ4v) is 2.65. The van der Waals surface area contributed by atoms with Gasteiger partial charge in [-0.25, -0.2) is 0 Å². The predicted octanol–water partition coefficient (Wildman–Crippen LogP) is 1.20. The van der Waals surface area contributed by atoms with Gasteiger partial charge in [0.05, 0.1) is 18.2 Å². The summed E-state index contributed by atoms with van der Waals surface area (Å²) in [5.41, 5.74) is -0.423. The van der Waals surface area contributed by atoms with Gasteiger partial charge in [0.25, 0.3) is 0 Å². The maximum atomic E-state index is 11.8. The zero-order valence-corrected chi connectivity index (χ0v) is 10.9. The maximum Gasteiger partial charge on any atom is 0.220 e. The van der Waals surface area contributed by atoms with Crippen LogP contribution in [-0.2, 0) is 4.79 Å². The molecule has 1 aliphatic rings. The molecule has 1 rings (SSSR count). The molecule has 1 saturated carbocycles. The monoisotopic (exact) mass is 243 g/mol. The minimum Gasteiger partial charge on any atom is -0.394 e. The van der Waals surface area contributed by atoms with E-state index in [-0.39, 0.29) is 12.5 Å². The number of carbonyl (C=O) groups is 1. The summed E-state index contributed by atoms with van der Waals surface area (Å²) in [5, 5.41) is 21.6. The van der Waals surface area contributed by atoms with Crippen molar-refractivity contribution in [2.24, 2.45) is 5.92 Å². The summed E-state index contributed by atoms with van der Waals surface area (Å²) < 4.78 is 0. The Bertz CT molecular complexity index is 255. The van der Waals surface area contributed by atoms with Gasteiger partial charge in [0.1, 0.15) is 0 Å². The summed E-state index contributed by atoms with van der Waals surface area (Å²) in [6.07, 6.45) is 4.29. The Morgan fingerprint density at radius 2 is 2.29 bits per heavy atom. The molecule has 1 amide bonds. The number of carbonyl (C=O) groups excluding carboxylic acids is 1. The second kappa shape index (κ2) is 6.36. The minimum atomic E-state index is -0.448. The van der Waals surface area contributed by atoms with Crippen LogP contribution in [0.1, 0.15) is 52.4 Å². The number of rotatable bonds is 5. The molecule has 3 N–H and O–H groups in total. The Balaban J connectivity index is 2.47. The summed E-state index contributed by atoms with van der Waals surface area (Å²) in [7, 11) is 0. The van der Waals surface area contributed by atoms with Crippen LogP contribution in [0.3, 0.4) is 0 Å². The molecular weight excluding hydrogens is 218 g/mol. The molecule has 0 radical (unpaired) electrons. The van der Waals surface area contributed by atoms with Crippen molar-refractivity contribution in [1.82, 2.24) is 5.32 Å². The van der Waals surface area contributed by atoms with E-state index in [1.807, 2.05) is 0 Å². The summed E-state index contributed by atoms with van der Waals surface area (Å²) in [6, 6.07) is 0. The fraction of sp³-hybridized carbons (Fsp3) is 0.923. The van der Waals surface area contributed by atoms with Crippen molar-refractivity contribution < 1.29 is 15.0 Å². The van der Waals surface area contributed by atoms with Crippen LogP contribution in [0.25, 0.3) is 0 Å². The number of nitrogens with one attached hydrogen (secondary N) is 1. The molecule has 1 aliphatic carbocycles. The van der Waals surface area contributed by atoms with E-state index in [0.29, 0.717) is 18.8 Å². The average Bonchev–Trinajstić information content (AvgIpc) is 2.26. The van der Waals surface area contributed by atoms with Crippen molar-refractivity contribution in [2.75, 3.05) is 6.61 Å². The molecule has 0 saturated heterocycles. The Morgan fingerprint density at radius 1 is 1.59 bits per heavy atom. The Hall–Kier alpha value is -0.610. The average molecular weight is 243 g/mol. The second-order valence-corrected chi connectivity index (χ2v) is 5.58. The third-order valence-electron chi connectivity index (χ3n) is 3.59. The van der Waals surface area contributed by atoms with E-state index in [1.165, 1.54) is 6.42 Å². The predicted molar refractivity (Wildman–Crippen MR) is 66.5 cm³/mol. The van der Waals surface area contributed by atoms with Crippen molar-refractivity contribution in [3.8, 4) is 0 Å². The normalized spacial score (nSPS) is 30.9.